The Morgan fingerprint density at radius 2 is 1.84 bits per heavy atom. The lowest BCUT2D eigenvalue weighted by molar-refractivity contribution is -0.119. The van der Waals surface area contributed by atoms with Gasteiger partial charge in [0.25, 0.3) is 0 Å². The lowest BCUT2D eigenvalue weighted by atomic mass is 10.1. The van der Waals surface area contributed by atoms with Crippen LogP contribution in [0, 0.1) is 0 Å². The molecular formula is C32H34N4O6S. The Bertz CT molecular complexity index is 1560. The van der Waals surface area contributed by atoms with Crippen LogP contribution in [0.25, 0.3) is 10.9 Å². The van der Waals surface area contributed by atoms with Crippen LogP contribution in [0.4, 0.5) is 5.69 Å². The van der Waals surface area contributed by atoms with Gasteiger partial charge in [0.15, 0.2) is 28.1 Å². The van der Waals surface area contributed by atoms with Crippen molar-refractivity contribution in [2.24, 2.45) is 0 Å². The van der Waals surface area contributed by atoms with E-state index in [1.807, 2.05) is 42.5 Å². The van der Waals surface area contributed by atoms with E-state index in [2.05, 4.69) is 20.5 Å². The average molecular weight is 603 g/mol. The van der Waals surface area contributed by atoms with Crippen LogP contribution in [0.1, 0.15) is 12.0 Å². The summed E-state index contributed by atoms with van der Waals surface area (Å²) in [6, 6.07) is 19.5. The number of thiocarbonyl (C=S) groups is 1. The Morgan fingerprint density at radius 1 is 1.02 bits per heavy atom. The number of hydrogen-bond acceptors (Lipinski definition) is 9. The summed E-state index contributed by atoms with van der Waals surface area (Å²) in [5.74, 6) is 1.53. The fourth-order valence-electron chi connectivity index (χ4n) is 4.70. The summed E-state index contributed by atoms with van der Waals surface area (Å²) in [6.07, 6.45) is 2.72. The van der Waals surface area contributed by atoms with E-state index < -0.39 is 0 Å². The van der Waals surface area contributed by atoms with E-state index in [-0.39, 0.29) is 28.9 Å². The molecule has 1 aromatic heterocycles. The minimum absolute atomic E-state index is 0.111. The monoisotopic (exact) mass is 602 g/mol. The molecule has 10 nitrogen and oxygen atoms in total. The van der Waals surface area contributed by atoms with Crippen LogP contribution in [-0.4, -0.2) is 72.6 Å². The number of nitrogens with one attached hydrogen (secondary N) is 2. The number of methoxy groups -OCH3 is 1. The third-order valence-electron chi connectivity index (χ3n) is 6.86. The average Bonchev–Trinajstić information content (AvgIpc) is 3.01. The summed E-state index contributed by atoms with van der Waals surface area (Å²) in [6.45, 7) is 4.93. The number of hydrogen-bond donors (Lipinski definition) is 3. The molecule has 1 amide bonds. The van der Waals surface area contributed by atoms with Crippen molar-refractivity contribution in [1.82, 2.24) is 15.2 Å². The maximum atomic E-state index is 12.3. The van der Waals surface area contributed by atoms with E-state index in [9.17, 15) is 9.90 Å². The van der Waals surface area contributed by atoms with E-state index in [4.69, 9.17) is 31.2 Å². The number of nitrogens with zero attached hydrogens (tertiary/aromatic N) is 2. The molecule has 0 atom stereocenters. The number of aromatic hydroxyl groups is 1. The van der Waals surface area contributed by atoms with Gasteiger partial charge in [-0.2, -0.15) is 0 Å². The number of phenols is 1. The quantitative estimate of drug-likeness (QED) is 0.162. The number of benzene rings is 3. The van der Waals surface area contributed by atoms with Gasteiger partial charge in [0.2, 0.25) is 5.91 Å². The number of morpholine rings is 1. The van der Waals surface area contributed by atoms with Gasteiger partial charge in [0.1, 0.15) is 5.75 Å². The summed E-state index contributed by atoms with van der Waals surface area (Å²) >= 11 is 5.27. The van der Waals surface area contributed by atoms with Crippen molar-refractivity contribution in [1.29, 1.82) is 0 Å². The lowest BCUT2D eigenvalue weighted by Gasteiger charge is -2.26. The van der Waals surface area contributed by atoms with Gasteiger partial charge in [0.05, 0.1) is 38.9 Å². The van der Waals surface area contributed by atoms with Gasteiger partial charge in [-0.05, 0) is 48.5 Å². The molecule has 0 aliphatic carbocycles. The molecule has 3 N–H and O–H groups in total. The fraction of sp³-hybridized carbons (Fsp3) is 0.281. The summed E-state index contributed by atoms with van der Waals surface area (Å²) < 4.78 is 23.2. The number of aromatic nitrogens is 1. The van der Waals surface area contributed by atoms with Gasteiger partial charge >= 0.3 is 0 Å². The van der Waals surface area contributed by atoms with Crippen LogP contribution in [0.5, 0.6) is 28.7 Å². The number of carbonyl (C=O) groups is 1. The zero-order chi connectivity index (χ0) is 30.0. The molecule has 1 fully saturated rings. The lowest BCUT2D eigenvalue weighted by Crippen LogP contribution is -2.37. The number of ether oxygens (including phenoxy) is 4. The van der Waals surface area contributed by atoms with Crippen molar-refractivity contribution in [3.05, 3.63) is 78.5 Å². The Morgan fingerprint density at radius 3 is 2.60 bits per heavy atom. The van der Waals surface area contributed by atoms with Gasteiger partial charge in [-0.1, -0.05) is 30.3 Å². The number of phenolic OH excluding ortho intramolecular Hbond substituents is 1. The van der Waals surface area contributed by atoms with E-state index in [0.717, 1.165) is 44.8 Å². The largest absolute Gasteiger partial charge is 0.504 e. The number of anilines is 1. The third kappa shape index (κ3) is 8.31. The molecule has 5 rings (SSSR count). The third-order valence-corrected chi connectivity index (χ3v) is 7.07. The second kappa shape index (κ2) is 14.6. The minimum atomic E-state index is -0.241. The normalized spacial score (nSPS) is 13.3. The summed E-state index contributed by atoms with van der Waals surface area (Å²) in [7, 11) is 1.59. The van der Waals surface area contributed by atoms with Crippen LogP contribution in [0.15, 0.2) is 72.9 Å². The first-order chi connectivity index (χ1) is 21.0. The molecule has 1 saturated heterocycles. The molecule has 4 aromatic rings. The van der Waals surface area contributed by atoms with Crippen LogP contribution >= 0.6 is 12.2 Å². The Kier molecular flexibility index (Phi) is 10.2. The zero-order valence-electron chi connectivity index (χ0n) is 23.9. The van der Waals surface area contributed by atoms with Crippen molar-refractivity contribution in [3.8, 4) is 28.7 Å². The maximum absolute atomic E-state index is 12.3. The van der Waals surface area contributed by atoms with Gasteiger partial charge in [-0.15, -0.1) is 0 Å². The van der Waals surface area contributed by atoms with Crippen molar-refractivity contribution in [2.75, 3.05) is 51.9 Å². The van der Waals surface area contributed by atoms with Gasteiger partial charge in [-0.3, -0.25) is 14.7 Å². The number of pyridine rings is 1. The van der Waals surface area contributed by atoms with Gasteiger partial charge in [0, 0.05) is 49.0 Å². The molecule has 2 heterocycles. The molecule has 0 unspecified atom stereocenters. The highest BCUT2D eigenvalue weighted by Gasteiger charge is 2.15. The van der Waals surface area contributed by atoms with Crippen molar-refractivity contribution < 1.29 is 28.8 Å². The topological polar surface area (TPSA) is 114 Å². The Labute approximate surface area is 255 Å². The van der Waals surface area contributed by atoms with Crippen LogP contribution < -0.4 is 24.8 Å². The molecule has 1 aliphatic rings. The highest BCUT2D eigenvalue weighted by Crippen LogP contribution is 2.39. The second-order valence-corrected chi connectivity index (χ2v) is 10.3. The standard InChI is InChI=1S/C32H34N4O6S/c1-39-29-20-24-25(21-30(29)41-15-5-12-36-13-16-40-17-14-36)33-11-10-27(24)42-28-9-8-23(19-26(28)37)34-32(43)35-31(38)18-22-6-3-2-4-7-22/h2-4,6-11,19-21,37H,5,12-18H2,1H3,(H2,34,35,38,43). The van der Waals surface area contributed by atoms with Gasteiger partial charge in [-0.25, -0.2) is 0 Å². The van der Waals surface area contributed by atoms with Crippen LogP contribution in [0.3, 0.4) is 0 Å². The number of carbonyl (C=O) groups excluding carboxylic acids is 1. The van der Waals surface area contributed by atoms with Crippen molar-refractivity contribution >= 4 is 39.8 Å². The predicted molar refractivity (Wildman–Crippen MR) is 168 cm³/mol. The summed E-state index contributed by atoms with van der Waals surface area (Å²) in [4.78, 5) is 19.2. The number of fused-ring (bicyclic) bond motifs is 1. The zero-order valence-corrected chi connectivity index (χ0v) is 24.7. The van der Waals surface area contributed by atoms with E-state index in [1.54, 1.807) is 31.5 Å². The Balaban J connectivity index is 1.21. The first-order valence-corrected chi connectivity index (χ1v) is 14.4. The fourth-order valence-corrected chi connectivity index (χ4v) is 4.93. The molecule has 1 aliphatic heterocycles. The number of rotatable bonds is 11. The molecule has 224 valence electrons. The molecule has 0 spiro atoms. The van der Waals surface area contributed by atoms with Crippen molar-refractivity contribution in [2.45, 2.75) is 12.8 Å². The van der Waals surface area contributed by atoms with E-state index in [0.29, 0.717) is 40.4 Å². The van der Waals surface area contributed by atoms with Crippen molar-refractivity contribution in [3.63, 3.8) is 0 Å². The molecule has 0 radical (unpaired) electrons. The summed E-state index contributed by atoms with van der Waals surface area (Å²) in [5, 5.41) is 17.1. The second-order valence-electron chi connectivity index (χ2n) is 9.93. The molecule has 43 heavy (non-hydrogen) atoms. The first kappa shape index (κ1) is 30.0. The highest BCUT2D eigenvalue weighted by molar-refractivity contribution is 7.80. The summed E-state index contributed by atoms with van der Waals surface area (Å²) in [5.41, 5.74) is 2.04. The molecule has 11 heteroatoms. The molecule has 0 saturated carbocycles. The predicted octanol–water partition coefficient (Wildman–Crippen LogP) is 4.90. The highest BCUT2D eigenvalue weighted by atomic mass is 32.1. The SMILES string of the molecule is COc1cc2c(Oc3ccc(NC(=S)NC(=O)Cc4ccccc4)cc3O)ccnc2cc1OCCCN1CCOCC1. The van der Waals surface area contributed by atoms with Crippen LogP contribution in [-0.2, 0) is 16.0 Å². The van der Waals surface area contributed by atoms with E-state index in [1.165, 1.54) is 6.07 Å². The number of amides is 1. The van der Waals surface area contributed by atoms with E-state index >= 15 is 0 Å². The molecular weight excluding hydrogens is 568 g/mol. The first-order valence-electron chi connectivity index (χ1n) is 14.0. The molecule has 3 aromatic carbocycles. The smallest absolute Gasteiger partial charge is 0.230 e. The molecule has 0 bridgehead atoms. The minimum Gasteiger partial charge on any atom is -0.504 e. The van der Waals surface area contributed by atoms with Crippen LogP contribution in [0.2, 0.25) is 0 Å². The van der Waals surface area contributed by atoms with Gasteiger partial charge < -0.3 is 34.7 Å². The Hall–Kier alpha value is -4.45. The maximum Gasteiger partial charge on any atom is 0.230 e.